The lowest BCUT2D eigenvalue weighted by molar-refractivity contribution is 0.0237. The van der Waals surface area contributed by atoms with E-state index in [1.165, 1.54) is 11.1 Å². The predicted octanol–water partition coefficient (Wildman–Crippen LogP) is 4.59. The molecule has 0 unspecified atom stereocenters. The maximum absolute atomic E-state index is 12.6. The van der Waals surface area contributed by atoms with E-state index in [2.05, 4.69) is 58.8 Å². The largest absolute Gasteiger partial charge is 0.474 e. The van der Waals surface area contributed by atoms with Crippen LogP contribution in [0.25, 0.3) is 0 Å². The van der Waals surface area contributed by atoms with Crippen molar-refractivity contribution in [3.05, 3.63) is 95.7 Å². The van der Waals surface area contributed by atoms with E-state index in [1.807, 2.05) is 12.1 Å². The van der Waals surface area contributed by atoms with Gasteiger partial charge >= 0.3 is 0 Å². The lowest BCUT2D eigenvalue weighted by Crippen LogP contribution is -2.27. The molecule has 0 bridgehead atoms. The number of hydrogen-bond donors (Lipinski definition) is 1. The number of amides is 1. The van der Waals surface area contributed by atoms with Gasteiger partial charge in [-0.3, -0.25) is 4.79 Å². The summed E-state index contributed by atoms with van der Waals surface area (Å²) in [6.45, 7) is 2.02. The molecular formula is C26H28N2O3. The number of nitrogens with zero attached hydrogens (tertiary/aromatic N) is 1. The first-order valence-electron chi connectivity index (χ1n) is 10.9. The molecule has 1 aromatic heterocycles. The molecule has 0 aliphatic carbocycles. The predicted molar refractivity (Wildman–Crippen MR) is 120 cm³/mol. The third-order valence-electron chi connectivity index (χ3n) is 5.58. The Labute approximate surface area is 183 Å². The minimum atomic E-state index is -0.120. The van der Waals surface area contributed by atoms with Crippen LogP contribution in [0.5, 0.6) is 5.88 Å². The van der Waals surface area contributed by atoms with Crippen LogP contribution in [0, 0.1) is 0 Å². The van der Waals surface area contributed by atoms with Gasteiger partial charge in [0.05, 0.1) is 18.8 Å². The fourth-order valence-electron chi connectivity index (χ4n) is 3.88. The van der Waals surface area contributed by atoms with Gasteiger partial charge in [-0.2, -0.15) is 0 Å². The average Bonchev–Trinajstić information content (AvgIpc) is 2.84. The molecule has 31 heavy (non-hydrogen) atoms. The molecule has 0 saturated carbocycles. The second-order valence-electron chi connectivity index (χ2n) is 7.73. The Morgan fingerprint density at radius 2 is 1.61 bits per heavy atom. The van der Waals surface area contributed by atoms with Crippen molar-refractivity contribution in [2.75, 3.05) is 19.8 Å². The monoisotopic (exact) mass is 416 g/mol. The van der Waals surface area contributed by atoms with Gasteiger partial charge in [0.25, 0.3) is 5.91 Å². The minimum absolute atomic E-state index is 0.120. The molecule has 2 aromatic carbocycles. The van der Waals surface area contributed by atoms with E-state index in [4.69, 9.17) is 9.47 Å². The first-order chi connectivity index (χ1) is 15.3. The second-order valence-corrected chi connectivity index (χ2v) is 7.73. The number of rotatable bonds is 8. The number of carbonyl (C=O) groups is 1. The maximum Gasteiger partial charge on any atom is 0.252 e. The molecule has 160 valence electrons. The van der Waals surface area contributed by atoms with Gasteiger partial charge in [-0.05, 0) is 23.6 Å². The minimum Gasteiger partial charge on any atom is -0.474 e. The highest BCUT2D eigenvalue weighted by molar-refractivity contribution is 5.93. The van der Waals surface area contributed by atoms with Gasteiger partial charge in [0.2, 0.25) is 5.88 Å². The van der Waals surface area contributed by atoms with E-state index in [1.54, 1.807) is 18.3 Å². The zero-order chi connectivity index (χ0) is 21.3. The fraction of sp³-hybridized carbons (Fsp3) is 0.308. The highest BCUT2D eigenvalue weighted by Gasteiger charge is 2.17. The molecule has 0 atom stereocenters. The summed E-state index contributed by atoms with van der Waals surface area (Å²) in [7, 11) is 0. The molecular weight excluding hydrogens is 388 g/mol. The van der Waals surface area contributed by atoms with Crippen molar-refractivity contribution in [1.29, 1.82) is 0 Å². The molecule has 2 heterocycles. The van der Waals surface area contributed by atoms with Crippen LogP contribution < -0.4 is 10.1 Å². The summed E-state index contributed by atoms with van der Waals surface area (Å²) < 4.78 is 11.2. The first-order valence-corrected chi connectivity index (χ1v) is 10.9. The standard InChI is InChI=1S/C26H28N2O3/c29-26(22-11-12-25(28-19-22)31-23-14-17-30-18-15-23)27-16-13-24(20-7-3-1-4-8-20)21-9-5-2-6-10-21/h1-12,19,23-24H,13-18H2,(H,27,29). The Hall–Kier alpha value is -3.18. The number of carbonyl (C=O) groups excluding carboxylic acids is 1. The highest BCUT2D eigenvalue weighted by atomic mass is 16.5. The number of nitrogens with one attached hydrogen (secondary N) is 1. The molecule has 1 fully saturated rings. The van der Waals surface area contributed by atoms with Crippen molar-refractivity contribution in [2.45, 2.75) is 31.3 Å². The summed E-state index contributed by atoms with van der Waals surface area (Å²) in [6, 6.07) is 24.4. The quantitative estimate of drug-likeness (QED) is 0.583. The topological polar surface area (TPSA) is 60.5 Å². The Balaban J connectivity index is 1.33. The third kappa shape index (κ3) is 5.92. The van der Waals surface area contributed by atoms with Crippen molar-refractivity contribution in [2.24, 2.45) is 0 Å². The van der Waals surface area contributed by atoms with E-state index in [-0.39, 0.29) is 17.9 Å². The Kier molecular flexibility index (Phi) is 7.29. The van der Waals surface area contributed by atoms with Crippen molar-refractivity contribution < 1.29 is 14.3 Å². The van der Waals surface area contributed by atoms with Crippen LogP contribution in [0.4, 0.5) is 0 Å². The molecule has 0 radical (unpaired) electrons. The van der Waals surface area contributed by atoms with Crippen LogP contribution in [0.2, 0.25) is 0 Å². The Bertz CT molecular complexity index is 900. The van der Waals surface area contributed by atoms with E-state index < -0.39 is 0 Å². The van der Waals surface area contributed by atoms with Gasteiger partial charge in [-0.15, -0.1) is 0 Å². The number of benzene rings is 2. The molecule has 1 saturated heterocycles. The number of hydrogen-bond acceptors (Lipinski definition) is 4. The van der Waals surface area contributed by atoms with Crippen molar-refractivity contribution >= 4 is 5.91 Å². The third-order valence-corrected chi connectivity index (χ3v) is 5.58. The summed E-state index contributed by atoms with van der Waals surface area (Å²) in [5.74, 6) is 0.665. The van der Waals surface area contributed by atoms with Gasteiger partial charge < -0.3 is 14.8 Å². The molecule has 1 amide bonds. The molecule has 1 aliphatic rings. The van der Waals surface area contributed by atoms with E-state index in [0.29, 0.717) is 18.0 Å². The first kappa shape index (κ1) is 21.1. The average molecular weight is 417 g/mol. The van der Waals surface area contributed by atoms with Gasteiger partial charge in [-0.1, -0.05) is 60.7 Å². The fourth-order valence-corrected chi connectivity index (χ4v) is 3.88. The summed E-state index contributed by atoms with van der Waals surface area (Å²) in [5, 5.41) is 3.03. The van der Waals surface area contributed by atoms with E-state index in [9.17, 15) is 4.79 Å². The van der Waals surface area contributed by atoms with Gasteiger partial charge in [-0.25, -0.2) is 4.98 Å². The second kappa shape index (κ2) is 10.7. The molecule has 0 spiro atoms. The van der Waals surface area contributed by atoms with Crippen LogP contribution in [0.3, 0.4) is 0 Å². The molecule has 1 aliphatic heterocycles. The lowest BCUT2D eigenvalue weighted by atomic mass is 9.88. The van der Waals surface area contributed by atoms with Crippen molar-refractivity contribution in [3.63, 3.8) is 0 Å². The number of pyridine rings is 1. The molecule has 5 nitrogen and oxygen atoms in total. The SMILES string of the molecule is O=C(NCCC(c1ccccc1)c1ccccc1)c1ccc(OC2CCOCC2)nc1. The van der Waals surface area contributed by atoms with Crippen LogP contribution in [-0.4, -0.2) is 36.8 Å². The Morgan fingerprint density at radius 3 is 2.19 bits per heavy atom. The molecule has 4 rings (SSSR count). The van der Waals surface area contributed by atoms with Crippen LogP contribution in [-0.2, 0) is 4.74 Å². The van der Waals surface area contributed by atoms with Crippen LogP contribution >= 0.6 is 0 Å². The number of aromatic nitrogens is 1. The Morgan fingerprint density at radius 1 is 0.968 bits per heavy atom. The van der Waals surface area contributed by atoms with Crippen molar-refractivity contribution in [1.82, 2.24) is 10.3 Å². The zero-order valence-corrected chi connectivity index (χ0v) is 17.6. The van der Waals surface area contributed by atoms with E-state index >= 15 is 0 Å². The van der Waals surface area contributed by atoms with Crippen LogP contribution in [0.15, 0.2) is 79.0 Å². The highest BCUT2D eigenvalue weighted by Crippen LogP contribution is 2.27. The van der Waals surface area contributed by atoms with Crippen LogP contribution in [0.1, 0.15) is 46.7 Å². The molecule has 5 heteroatoms. The summed E-state index contributed by atoms with van der Waals surface area (Å²) in [6.07, 6.45) is 4.27. The maximum atomic E-state index is 12.6. The number of ether oxygens (including phenoxy) is 2. The lowest BCUT2D eigenvalue weighted by Gasteiger charge is -2.22. The normalized spacial score (nSPS) is 14.4. The molecule has 3 aromatic rings. The van der Waals surface area contributed by atoms with Gasteiger partial charge in [0.15, 0.2) is 0 Å². The summed E-state index contributed by atoms with van der Waals surface area (Å²) >= 11 is 0. The summed E-state index contributed by atoms with van der Waals surface area (Å²) in [5.41, 5.74) is 3.04. The van der Waals surface area contributed by atoms with E-state index in [0.717, 1.165) is 32.5 Å². The molecule has 1 N–H and O–H groups in total. The van der Waals surface area contributed by atoms with Crippen molar-refractivity contribution in [3.8, 4) is 5.88 Å². The smallest absolute Gasteiger partial charge is 0.252 e. The van der Waals surface area contributed by atoms with Gasteiger partial charge in [0, 0.05) is 37.6 Å². The zero-order valence-electron chi connectivity index (χ0n) is 17.6. The summed E-state index contributed by atoms with van der Waals surface area (Å²) in [4.78, 5) is 16.9. The van der Waals surface area contributed by atoms with Gasteiger partial charge in [0.1, 0.15) is 6.10 Å².